The average molecular weight is 298 g/mol. The Morgan fingerprint density at radius 1 is 1.65 bits per heavy atom. The van der Waals surface area contributed by atoms with E-state index in [-0.39, 0.29) is 18.6 Å². The number of aromatic nitrogens is 1. The predicted octanol–water partition coefficient (Wildman–Crippen LogP) is 2.15. The van der Waals surface area contributed by atoms with Gasteiger partial charge >= 0.3 is 0 Å². The monoisotopic (exact) mass is 297 g/mol. The maximum absolute atomic E-state index is 12.4. The molecule has 6 heteroatoms. The maximum atomic E-state index is 12.4. The van der Waals surface area contributed by atoms with Crippen molar-refractivity contribution >= 4 is 23.3 Å². The van der Waals surface area contributed by atoms with Crippen LogP contribution in [0.3, 0.4) is 0 Å². The molecule has 1 unspecified atom stereocenters. The number of halogens is 1. The molecule has 1 aliphatic rings. The molecule has 2 heterocycles. The molecule has 1 aromatic heterocycles. The van der Waals surface area contributed by atoms with Gasteiger partial charge in [-0.1, -0.05) is 18.5 Å². The minimum absolute atomic E-state index is 0.00302. The van der Waals surface area contributed by atoms with Gasteiger partial charge in [0.2, 0.25) is 0 Å². The van der Waals surface area contributed by atoms with Crippen molar-refractivity contribution in [1.82, 2.24) is 9.88 Å². The van der Waals surface area contributed by atoms with Gasteiger partial charge < -0.3 is 15.3 Å². The normalized spacial score (nSPS) is 18.4. The minimum atomic E-state index is -0.113. The number of carbonyl (C=O) groups excluding carboxylic acids is 1. The SMILES string of the molecule is CCCNc1ncc(C(=O)N2CCCC2CO)cc1Cl. The summed E-state index contributed by atoms with van der Waals surface area (Å²) in [6.07, 6.45) is 4.29. The Hall–Kier alpha value is -1.33. The Kier molecular flexibility index (Phi) is 5.20. The maximum Gasteiger partial charge on any atom is 0.255 e. The van der Waals surface area contributed by atoms with Crippen LogP contribution in [-0.2, 0) is 0 Å². The van der Waals surface area contributed by atoms with Crippen LogP contribution in [0.25, 0.3) is 0 Å². The van der Waals surface area contributed by atoms with Crippen LogP contribution in [0, 0.1) is 0 Å². The molecule has 0 aromatic carbocycles. The standard InChI is InChI=1S/C14H20ClN3O2/c1-2-5-16-13-12(15)7-10(8-17-13)14(20)18-6-3-4-11(18)9-19/h7-8,11,19H,2-6,9H2,1H3,(H,16,17). The molecule has 1 saturated heterocycles. The fraction of sp³-hybridized carbons (Fsp3) is 0.571. The first-order valence-electron chi connectivity index (χ1n) is 6.98. The van der Waals surface area contributed by atoms with Gasteiger partial charge in [0, 0.05) is 19.3 Å². The zero-order valence-corrected chi connectivity index (χ0v) is 12.4. The van der Waals surface area contributed by atoms with Gasteiger partial charge in [0.05, 0.1) is 23.2 Å². The lowest BCUT2D eigenvalue weighted by molar-refractivity contribution is 0.0677. The molecule has 0 radical (unpaired) electrons. The van der Waals surface area contributed by atoms with Crippen LogP contribution in [0.5, 0.6) is 0 Å². The number of amides is 1. The third-order valence-corrected chi connectivity index (χ3v) is 3.77. The molecule has 2 rings (SSSR count). The fourth-order valence-corrected chi connectivity index (χ4v) is 2.62. The average Bonchev–Trinajstić information content (AvgIpc) is 2.93. The van der Waals surface area contributed by atoms with E-state index < -0.39 is 0 Å². The second kappa shape index (κ2) is 6.90. The Labute approximate surface area is 123 Å². The van der Waals surface area contributed by atoms with Gasteiger partial charge in [0.25, 0.3) is 5.91 Å². The van der Waals surface area contributed by atoms with Crippen LogP contribution in [0.2, 0.25) is 5.02 Å². The van der Waals surface area contributed by atoms with Crippen molar-refractivity contribution in [2.75, 3.05) is 25.0 Å². The number of carbonyl (C=O) groups is 1. The fourth-order valence-electron chi connectivity index (χ4n) is 2.39. The number of hydrogen-bond acceptors (Lipinski definition) is 4. The molecule has 20 heavy (non-hydrogen) atoms. The first-order valence-corrected chi connectivity index (χ1v) is 7.36. The lowest BCUT2D eigenvalue weighted by Crippen LogP contribution is -2.37. The van der Waals surface area contributed by atoms with Crippen molar-refractivity contribution in [3.05, 3.63) is 22.8 Å². The highest BCUT2D eigenvalue weighted by Gasteiger charge is 2.29. The van der Waals surface area contributed by atoms with E-state index in [1.807, 2.05) is 0 Å². The van der Waals surface area contributed by atoms with Crippen LogP contribution in [0.15, 0.2) is 12.3 Å². The quantitative estimate of drug-likeness (QED) is 0.874. The summed E-state index contributed by atoms with van der Waals surface area (Å²) < 4.78 is 0. The van der Waals surface area contributed by atoms with Crippen LogP contribution < -0.4 is 5.32 Å². The molecule has 1 aromatic rings. The molecular formula is C14H20ClN3O2. The molecule has 1 fully saturated rings. The summed E-state index contributed by atoms with van der Waals surface area (Å²) in [5.74, 6) is 0.489. The van der Waals surface area contributed by atoms with Crippen molar-refractivity contribution < 1.29 is 9.90 Å². The third-order valence-electron chi connectivity index (χ3n) is 3.48. The van der Waals surface area contributed by atoms with Gasteiger partial charge in [-0.3, -0.25) is 4.79 Å². The van der Waals surface area contributed by atoms with Gasteiger partial charge in [-0.25, -0.2) is 4.98 Å². The van der Waals surface area contributed by atoms with Crippen molar-refractivity contribution in [3.63, 3.8) is 0 Å². The number of aliphatic hydroxyl groups excluding tert-OH is 1. The van der Waals surface area contributed by atoms with Crippen LogP contribution in [0.1, 0.15) is 36.5 Å². The third kappa shape index (κ3) is 3.22. The number of anilines is 1. The van der Waals surface area contributed by atoms with Gasteiger partial charge in [-0.05, 0) is 25.3 Å². The van der Waals surface area contributed by atoms with E-state index in [9.17, 15) is 9.90 Å². The molecule has 0 spiro atoms. The highest BCUT2D eigenvalue weighted by molar-refractivity contribution is 6.33. The number of hydrogen-bond donors (Lipinski definition) is 2. The molecule has 1 atom stereocenters. The van der Waals surface area contributed by atoms with E-state index in [2.05, 4.69) is 17.2 Å². The molecule has 5 nitrogen and oxygen atoms in total. The van der Waals surface area contributed by atoms with Crippen LogP contribution in [-0.4, -0.2) is 46.6 Å². The molecule has 1 amide bonds. The Bertz CT molecular complexity index is 481. The highest BCUT2D eigenvalue weighted by Crippen LogP contribution is 2.24. The lowest BCUT2D eigenvalue weighted by Gasteiger charge is -2.23. The minimum Gasteiger partial charge on any atom is -0.394 e. The molecule has 0 saturated carbocycles. The van der Waals surface area contributed by atoms with E-state index in [4.69, 9.17) is 11.6 Å². The van der Waals surface area contributed by atoms with E-state index in [0.717, 1.165) is 25.8 Å². The Morgan fingerprint density at radius 2 is 2.45 bits per heavy atom. The van der Waals surface area contributed by atoms with E-state index in [0.29, 0.717) is 22.9 Å². The van der Waals surface area contributed by atoms with E-state index >= 15 is 0 Å². The molecule has 110 valence electrons. The number of pyridine rings is 1. The number of rotatable bonds is 5. The summed E-state index contributed by atoms with van der Waals surface area (Å²) in [7, 11) is 0. The van der Waals surface area contributed by atoms with E-state index in [1.54, 1.807) is 17.2 Å². The van der Waals surface area contributed by atoms with Gasteiger partial charge in [0.1, 0.15) is 5.82 Å². The Balaban J connectivity index is 2.12. The number of nitrogens with zero attached hydrogens (tertiary/aromatic N) is 2. The van der Waals surface area contributed by atoms with Crippen LogP contribution in [0.4, 0.5) is 5.82 Å². The largest absolute Gasteiger partial charge is 0.394 e. The smallest absolute Gasteiger partial charge is 0.255 e. The summed E-state index contributed by atoms with van der Waals surface area (Å²) in [4.78, 5) is 18.3. The molecular weight excluding hydrogens is 278 g/mol. The molecule has 2 N–H and O–H groups in total. The second-order valence-electron chi connectivity index (χ2n) is 4.96. The molecule has 0 aliphatic carbocycles. The highest BCUT2D eigenvalue weighted by atomic mass is 35.5. The predicted molar refractivity (Wildman–Crippen MR) is 79.2 cm³/mol. The molecule has 0 bridgehead atoms. The van der Waals surface area contributed by atoms with Gasteiger partial charge in [-0.2, -0.15) is 0 Å². The summed E-state index contributed by atoms with van der Waals surface area (Å²) in [5, 5.41) is 12.8. The first-order chi connectivity index (χ1) is 9.67. The van der Waals surface area contributed by atoms with Crippen molar-refractivity contribution in [1.29, 1.82) is 0 Å². The number of nitrogens with one attached hydrogen (secondary N) is 1. The van der Waals surface area contributed by atoms with Crippen molar-refractivity contribution in [2.24, 2.45) is 0 Å². The molecule has 1 aliphatic heterocycles. The summed E-state index contributed by atoms with van der Waals surface area (Å²) in [6.45, 7) is 3.53. The number of likely N-dealkylation sites (tertiary alicyclic amines) is 1. The van der Waals surface area contributed by atoms with Crippen molar-refractivity contribution in [3.8, 4) is 0 Å². The topological polar surface area (TPSA) is 65.5 Å². The Morgan fingerprint density at radius 3 is 3.10 bits per heavy atom. The summed E-state index contributed by atoms with van der Waals surface area (Å²) >= 11 is 6.14. The zero-order valence-electron chi connectivity index (χ0n) is 11.6. The lowest BCUT2D eigenvalue weighted by atomic mass is 10.2. The van der Waals surface area contributed by atoms with Gasteiger partial charge in [0.15, 0.2) is 0 Å². The summed E-state index contributed by atoms with van der Waals surface area (Å²) in [5.41, 5.74) is 0.470. The van der Waals surface area contributed by atoms with E-state index in [1.165, 1.54) is 0 Å². The van der Waals surface area contributed by atoms with Gasteiger partial charge in [-0.15, -0.1) is 0 Å². The van der Waals surface area contributed by atoms with Crippen molar-refractivity contribution in [2.45, 2.75) is 32.2 Å². The first kappa shape index (κ1) is 15.1. The number of aliphatic hydroxyl groups is 1. The second-order valence-corrected chi connectivity index (χ2v) is 5.37. The zero-order chi connectivity index (χ0) is 14.5. The summed E-state index contributed by atoms with van der Waals surface area (Å²) in [6, 6.07) is 1.56. The van der Waals surface area contributed by atoms with Crippen LogP contribution >= 0.6 is 11.6 Å².